The van der Waals surface area contributed by atoms with Crippen molar-refractivity contribution in [2.75, 3.05) is 6.67 Å². The summed E-state index contributed by atoms with van der Waals surface area (Å²) in [6, 6.07) is 1.98. The van der Waals surface area contributed by atoms with Gasteiger partial charge in [0.05, 0.1) is 18.8 Å². The second-order valence-corrected chi connectivity index (χ2v) is 2.52. The highest BCUT2D eigenvalue weighted by Crippen LogP contribution is 2.21. The van der Waals surface area contributed by atoms with Crippen molar-refractivity contribution >= 4 is 5.88 Å². The van der Waals surface area contributed by atoms with Crippen LogP contribution in [0.25, 0.3) is 0 Å². The SMILES string of the molecule is N[C@H](CCF)c1ccc([N+](=O)[O-])o1. The van der Waals surface area contributed by atoms with Gasteiger partial charge < -0.3 is 10.2 Å². The zero-order valence-corrected chi connectivity index (χ0v) is 6.77. The van der Waals surface area contributed by atoms with Crippen LogP contribution in [-0.4, -0.2) is 11.6 Å². The third-order valence-corrected chi connectivity index (χ3v) is 1.58. The summed E-state index contributed by atoms with van der Waals surface area (Å²) < 4.78 is 16.6. The molecule has 0 aliphatic rings. The van der Waals surface area contributed by atoms with Gasteiger partial charge in [-0.05, 0) is 12.5 Å². The molecule has 5 nitrogen and oxygen atoms in total. The van der Waals surface area contributed by atoms with E-state index in [1.54, 1.807) is 0 Å². The van der Waals surface area contributed by atoms with E-state index < -0.39 is 17.6 Å². The molecular formula is C7H9FN2O3. The highest BCUT2D eigenvalue weighted by Gasteiger charge is 2.16. The van der Waals surface area contributed by atoms with Crippen molar-refractivity contribution in [1.29, 1.82) is 0 Å². The van der Waals surface area contributed by atoms with Crippen molar-refractivity contribution in [2.24, 2.45) is 5.73 Å². The lowest BCUT2D eigenvalue weighted by molar-refractivity contribution is -0.402. The molecule has 0 saturated heterocycles. The monoisotopic (exact) mass is 188 g/mol. The molecule has 0 fully saturated rings. The fourth-order valence-corrected chi connectivity index (χ4v) is 0.899. The van der Waals surface area contributed by atoms with E-state index in [1.807, 2.05) is 0 Å². The van der Waals surface area contributed by atoms with Crippen LogP contribution >= 0.6 is 0 Å². The molecule has 0 radical (unpaired) electrons. The van der Waals surface area contributed by atoms with Crippen molar-refractivity contribution in [3.05, 3.63) is 28.0 Å². The molecule has 0 aromatic carbocycles. The molecular weight excluding hydrogens is 179 g/mol. The van der Waals surface area contributed by atoms with E-state index in [0.29, 0.717) is 0 Å². The molecule has 0 aliphatic heterocycles. The number of hydrogen-bond acceptors (Lipinski definition) is 4. The van der Waals surface area contributed by atoms with E-state index in [0.717, 1.165) is 0 Å². The fourth-order valence-electron chi connectivity index (χ4n) is 0.899. The largest absolute Gasteiger partial charge is 0.433 e. The fraction of sp³-hybridized carbons (Fsp3) is 0.429. The smallest absolute Gasteiger partial charge is 0.404 e. The summed E-state index contributed by atoms with van der Waals surface area (Å²) in [5.41, 5.74) is 5.46. The Morgan fingerprint density at radius 2 is 2.38 bits per heavy atom. The first-order valence-electron chi connectivity index (χ1n) is 3.71. The quantitative estimate of drug-likeness (QED) is 0.574. The van der Waals surface area contributed by atoms with Crippen LogP contribution in [0.2, 0.25) is 0 Å². The van der Waals surface area contributed by atoms with E-state index >= 15 is 0 Å². The van der Waals surface area contributed by atoms with Gasteiger partial charge in [-0.25, -0.2) is 0 Å². The van der Waals surface area contributed by atoms with Crippen molar-refractivity contribution in [3.8, 4) is 0 Å². The van der Waals surface area contributed by atoms with Crippen molar-refractivity contribution < 1.29 is 13.7 Å². The molecule has 13 heavy (non-hydrogen) atoms. The minimum absolute atomic E-state index is 0.102. The van der Waals surface area contributed by atoms with Gasteiger partial charge in [0, 0.05) is 0 Å². The zero-order valence-electron chi connectivity index (χ0n) is 6.77. The average Bonchev–Trinajstić information content (AvgIpc) is 2.52. The Balaban J connectivity index is 2.73. The molecule has 6 heteroatoms. The number of furan rings is 1. The van der Waals surface area contributed by atoms with Gasteiger partial charge in [0.2, 0.25) is 0 Å². The van der Waals surface area contributed by atoms with E-state index in [2.05, 4.69) is 0 Å². The lowest BCUT2D eigenvalue weighted by Gasteiger charge is -2.03. The highest BCUT2D eigenvalue weighted by molar-refractivity contribution is 5.19. The second kappa shape index (κ2) is 3.99. The lowest BCUT2D eigenvalue weighted by atomic mass is 10.2. The topological polar surface area (TPSA) is 82.3 Å². The maximum absolute atomic E-state index is 11.8. The normalized spacial score (nSPS) is 12.8. The summed E-state index contributed by atoms with van der Waals surface area (Å²) in [7, 11) is 0. The van der Waals surface area contributed by atoms with Gasteiger partial charge in [-0.3, -0.25) is 14.5 Å². The van der Waals surface area contributed by atoms with Gasteiger partial charge >= 0.3 is 5.88 Å². The molecule has 72 valence electrons. The third-order valence-electron chi connectivity index (χ3n) is 1.58. The predicted octanol–water partition coefficient (Wildman–Crippen LogP) is 1.55. The van der Waals surface area contributed by atoms with E-state index in [-0.39, 0.29) is 18.1 Å². The maximum atomic E-state index is 11.8. The number of nitrogens with two attached hydrogens (primary N) is 1. The molecule has 1 heterocycles. The summed E-state index contributed by atoms with van der Waals surface area (Å²) in [5, 5.41) is 10.2. The summed E-state index contributed by atoms with van der Waals surface area (Å²) in [4.78, 5) is 9.53. The number of alkyl halides is 1. The van der Waals surface area contributed by atoms with E-state index in [9.17, 15) is 14.5 Å². The van der Waals surface area contributed by atoms with Gasteiger partial charge in [-0.1, -0.05) is 0 Å². The Kier molecular flexibility index (Phi) is 2.97. The van der Waals surface area contributed by atoms with Gasteiger partial charge in [0.15, 0.2) is 0 Å². The molecule has 0 bridgehead atoms. The van der Waals surface area contributed by atoms with Gasteiger partial charge in [0.1, 0.15) is 10.7 Å². The minimum atomic E-state index is -0.661. The van der Waals surface area contributed by atoms with Crippen molar-refractivity contribution in [1.82, 2.24) is 0 Å². The van der Waals surface area contributed by atoms with Crippen LogP contribution in [0.4, 0.5) is 10.3 Å². The lowest BCUT2D eigenvalue weighted by Crippen LogP contribution is -2.09. The Bertz CT molecular complexity index is 300. The Hall–Kier alpha value is -1.43. The first-order valence-corrected chi connectivity index (χ1v) is 3.71. The predicted molar refractivity (Wildman–Crippen MR) is 42.9 cm³/mol. The molecule has 1 aromatic rings. The minimum Gasteiger partial charge on any atom is -0.404 e. The number of nitro groups is 1. The van der Waals surface area contributed by atoms with Crippen LogP contribution in [0.3, 0.4) is 0 Å². The van der Waals surface area contributed by atoms with Crippen LogP contribution in [0.5, 0.6) is 0 Å². The number of rotatable bonds is 4. The number of nitrogens with zero attached hydrogens (tertiary/aromatic N) is 1. The summed E-state index contributed by atoms with van der Waals surface area (Å²) >= 11 is 0. The molecule has 2 N–H and O–H groups in total. The Morgan fingerprint density at radius 1 is 1.69 bits per heavy atom. The zero-order chi connectivity index (χ0) is 9.84. The molecule has 0 spiro atoms. The maximum Gasteiger partial charge on any atom is 0.433 e. The van der Waals surface area contributed by atoms with Crippen LogP contribution in [0.1, 0.15) is 18.2 Å². The third kappa shape index (κ3) is 2.25. The Morgan fingerprint density at radius 3 is 2.85 bits per heavy atom. The standard InChI is InChI=1S/C7H9FN2O3/c8-4-3-5(9)6-1-2-7(13-6)10(11)12/h1-2,5H,3-4,9H2/t5-/m1/s1. The van der Waals surface area contributed by atoms with Crippen molar-refractivity contribution in [2.45, 2.75) is 12.5 Å². The van der Waals surface area contributed by atoms with Gasteiger partial charge in [-0.15, -0.1) is 0 Å². The molecule has 0 amide bonds. The second-order valence-electron chi connectivity index (χ2n) is 2.52. The average molecular weight is 188 g/mol. The first kappa shape index (κ1) is 9.66. The number of halogens is 1. The summed E-state index contributed by atoms with van der Waals surface area (Å²) in [6.07, 6.45) is 0.102. The molecule has 0 saturated carbocycles. The summed E-state index contributed by atoms with van der Waals surface area (Å²) in [6.45, 7) is -0.574. The van der Waals surface area contributed by atoms with E-state index in [4.69, 9.17) is 10.2 Å². The van der Waals surface area contributed by atoms with E-state index in [1.165, 1.54) is 12.1 Å². The molecule has 1 atom stereocenters. The van der Waals surface area contributed by atoms with Crippen LogP contribution < -0.4 is 5.73 Å². The molecule has 1 aromatic heterocycles. The van der Waals surface area contributed by atoms with Gasteiger partial charge in [0.25, 0.3) is 0 Å². The first-order chi connectivity index (χ1) is 6.15. The van der Waals surface area contributed by atoms with Crippen molar-refractivity contribution in [3.63, 3.8) is 0 Å². The van der Waals surface area contributed by atoms with Crippen LogP contribution in [-0.2, 0) is 0 Å². The molecule has 0 unspecified atom stereocenters. The summed E-state index contributed by atoms with van der Waals surface area (Å²) in [5.74, 6) is -0.131. The van der Waals surface area contributed by atoms with Crippen LogP contribution in [0, 0.1) is 10.1 Å². The molecule has 0 aliphatic carbocycles. The molecule has 1 rings (SSSR count). The Labute approximate surface area is 73.5 Å². The highest BCUT2D eigenvalue weighted by atomic mass is 19.1. The van der Waals surface area contributed by atoms with Gasteiger partial charge in [-0.2, -0.15) is 0 Å². The van der Waals surface area contributed by atoms with Crippen LogP contribution in [0.15, 0.2) is 16.5 Å². The number of hydrogen-bond donors (Lipinski definition) is 1.